The van der Waals surface area contributed by atoms with Gasteiger partial charge in [-0.2, -0.15) is 13.2 Å². The Kier molecular flexibility index (Phi) is 3.79. The van der Waals surface area contributed by atoms with E-state index in [1.165, 1.54) is 6.07 Å². The second-order valence-corrected chi connectivity index (χ2v) is 3.85. The molecule has 7 heteroatoms. The average molecular weight is 248 g/mol. The van der Waals surface area contributed by atoms with Gasteiger partial charge >= 0.3 is 6.18 Å². The Morgan fingerprint density at radius 2 is 1.94 bits per heavy atom. The fourth-order valence-corrected chi connectivity index (χ4v) is 1.52. The van der Waals surface area contributed by atoms with Crippen molar-refractivity contribution in [1.29, 1.82) is 0 Å². The summed E-state index contributed by atoms with van der Waals surface area (Å²) < 4.78 is 37.6. The minimum absolute atomic E-state index is 0.0374. The Bertz CT molecular complexity index is 390. The van der Waals surface area contributed by atoms with Crippen molar-refractivity contribution in [2.75, 3.05) is 17.2 Å². The van der Waals surface area contributed by atoms with E-state index in [-0.39, 0.29) is 17.7 Å². The number of hydrogen-bond acceptors (Lipinski definition) is 4. The van der Waals surface area contributed by atoms with Crippen LogP contribution < -0.4 is 10.6 Å². The summed E-state index contributed by atoms with van der Waals surface area (Å²) >= 11 is 0. The van der Waals surface area contributed by atoms with Crippen LogP contribution in [-0.2, 0) is 6.18 Å². The summed E-state index contributed by atoms with van der Waals surface area (Å²) in [5.41, 5.74) is 5.37. The Balaban J connectivity index is 3.21. The van der Waals surface area contributed by atoms with Gasteiger partial charge in [0.2, 0.25) is 5.82 Å². The maximum atomic E-state index is 12.5. The van der Waals surface area contributed by atoms with Crippen molar-refractivity contribution in [3.8, 4) is 0 Å². The van der Waals surface area contributed by atoms with Crippen LogP contribution in [-0.4, -0.2) is 22.6 Å². The van der Waals surface area contributed by atoms with Gasteiger partial charge in [0.1, 0.15) is 11.6 Å². The Morgan fingerprint density at radius 3 is 2.35 bits per heavy atom. The van der Waals surface area contributed by atoms with Gasteiger partial charge in [-0.1, -0.05) is 0 Å². The number of nitrogens with zero attached hydrogens (tertiary/aromatic N) is 3. The topological polar surface area (TPSA) is 55.0 Å². The summed E-state index contributed by atoms with van der Waals surface area (Å²) in [5, 5.41) is 0. The minimum Gasteiger partial charge on any atom is -0.384 e. The van der Waals surface area contributed by atoms with E-state index in [1.807, 2.05) is 20.8 Å². The van der Waals surface area contributed by atoms with E-state index >= 15 is 0 Å². The molecule has 2 N–H and O–H groups in total. The van der Waals surface area contributed by atoms with Gasteiger partial charge in [-0.05, 0) is 20.8 Å². The zero-order valence-electron chi connectivity index (χ0n) is 9.91. The Hall–Kier alpha value is -1.53. The second kappa shape index (κ2) is 4.77. The maximum Gasteiger partial charge on any atom is 0.451 e. The Labute approximate surface area is 97.7 Å². The van der Waals surface area contributed by atoms with Crippen LogP contribution in [0.1, 0.15) is 26.6 Å². The highest BCUT2D eigenvalue weighted by atomic mass is 19.4. The molecule has 0 radical (unpaired) electrons. The van der Waals surface area contributed by atoms with Gasteiger partial charge in [-0.25, -0.2) is 9.97 Å². The van der Waals surface area contributed by atoms with E-state index in [1.54, 1.807) is 4.90 Å². The molecule has 1 aromatic rings. The molecule has 4 nitrogen and oxygen atoms in total. The summed E-state index contributed by atoms with van der Waals surface area (Å²) in [6.45, 7) is 6.13. The number of halogens is 3. The molecule has 0 aliphatic heterocycles. The van der Waals surface area contributed by atoms with E-state index in [2.05, 4.69) is 9.97 Å². The van der Waals surface area contributed by atoms with Crippen LogP contribution >= 0.6 is 0 Å². The molecule has 0 aromatic carbocycles. The Morgan fingerprint density at radius 1 is 1.35 bits per heavy atom. The smallest absolute Gasteiger partial charge is 0.384 e. The summed E-state index contributed by atoms with van der Waals surface area (Å²) in [5.74, 6) is -1.18. The first-order chi connectivity index (χ1) is 7.75. The van der Waals surface area contributed by atoms with E-state index in [0.29, 0.717) is 6.54 Å². The predicted octanol–water partition coefficient (Wildman–Crippen LogP) is 2.31. The highest BCUT2D eigenvalue weighted by molar-refractivity contribution is 5.47. The zero-order chi connectivity index (χ0) is 13.2. The van der Waals surface area contributed by atoms with Crippen LogP contribution in [0.15, 0.2) is 6.07 Å². The van der Waals surface area contributed by atoms with Gasteiger partial charge in [-0.3, -0.25) is 0 Å². The van der Waals surface area contributed by atoms with E-state index in [4.69, 9.17) is 5.73 Å². The molecule has 1 aromatic heterocycles. The zero-order valence-corrected chi connectivity index (χ0v) is 9.91. The molecule has 1 rings (SSSR count). The molecule has 0 amide bonds. The first kappa shape index (κ1) is 13.5. The summed E-state index contributed by atoms with van der Waals surface area (Å²) in [6, 6.07) is 1.38. The van der Waals surface area contributed by atoms with Crippen molar-refractivity contribution in [1.82, 2.24) is 9.97 Å². The van der Waals surface area contributed by atoms with Crippen molar-refractivity contribution < 1.29 is 13.2 Å². The van der Waals surface area contributed by atoms with Crippen LogP contribution in [0.2, 0.25) is 0 Å². The fraction of sp³-hybridized carbons (Fsp3) is 0.600. The summed E-state index contributed by atoms with van der Waals surface area (Å²) in [7, 11) is 0. The third-order valence-electron chi connectivity index (χ3n) is 2.24. The number of alkyl halides is 3. The lowest BCUT2D eigenvalue weighted by Crippen LogP contribution is -2.32. The second-order valence-electron chi connectivity index (χ2n) is 3.85. The van der Waals surface area contributed by atoms with E-state index in [9.17, 15) is 13.2 Å². The van der Waals surface area contributed by atoms with E-state index < -0.39 is 12.0 Å². The molecule has 96 valence electrons. The SMILES string of the molecule is CCN(c1cc(N)nc(C(F)(F)F)n1)C(C)C. The molecule has 0 saturated carbocycles. The molecule has 1 heterocycles. The van der Waals surface area contributed by atoms with Gasteiger partial charge in [0.05, 0.1) is 0 Å². The normalized spacial score (nSPS) is 11.9. The van der Waals surface area contributed by atoms with Crippen molar-refractivity contribution in [3.63, 3.8) is 0 Å². The third kappa shape index (κ3) is 3.21. The quantitative estimate of drug-likeness (QED) is 0.891. The number of aromatic nitrogens is 2. The summed E-state index contributed by atoms with van der Waals surface area (Å²) in [4.78, 5) is 8.42. The molecule has 0 bridgehead atoms. The van der Waals surface area contributed by atoms with Crippen LogP contribution in [0.25, 0.3) is 0 Å². The van der Waals surface area contributed by atoms with Crippen LogP contribution in [0, 0.1) is 0 Å². The molecular formula is C10H15F3N4. The number of hydrogen-bond donors (Lipinski definition) is 1. The minimum atomic E-state index is -4.58. The largest absolute Gasteiger partial charge is 0.451 e. The summed E-state index contributed by atoms with van der Waals surface area (Å²) in [6.07, 6.45) is -4.58. The van der Waals surface area contributed by atoms with Gasteiger partial charge in [-0.15, -0.1) is 0 Å². The lowest BCUT2D eigenvalue weighted by molar-refractivity contribution is -0.144. The molecule has 0 saturated heterocycles. The van der Waals surface area contributed by atoms with Crippen molar-refractivity contribution in [2.45, 2.75) is 33.0 Å². The van der Waals surface area contributed by atoms with Crippen LogP contribution in [0.4, 0.5) is 24.8 Å². The number of nitrogens with two attached hydrogens (primary N) is 1. The molecule has 0 atom stereocenters. The van der Waals surface area contributed by atoms with Gasteiger partial charge < -0.3 is 10.6 Å². The van der Waals surface area contributed by atoms with Gasteiger partial charge in [0.25, 0.3) is 0 Å². The first-order valence-corrected chi connectivity index (χ1v) is 5.24. The maximum absolute atomic E-state index is 12.5. The highest BCUT2D eigenvalue weighted by Gasteiger charge is 2.35. The molecular weight excluding hydrogens is 233 g/mol. The number of nitrogen functional groups attached to an aromatic ring is 1. The van der Waals surface area contributed by atoms with Crippen LogP contribution in [0.3, 0.4) is 0 Å². The predicted molar refractivity (Wildman–Crippen MR) is 59.6 cm³/mol. The third-order valence-corrected chi connectivity index (χ3v) is 2.24. The molecule has 0 fully saturated rings. The van der Waals surface area contributed by atoms with Crippen molar-refractivity contribution in [2.24, 2.45) is 0 Å². The number of anilines is 2. The van der Waals surface area contributed by atoms with E-state index in [0.717, 1.165) is 0 Å². The van der Waals surface area contributed by atoms with Crippen molar-refractivity contribution >= 4 is 11.6 Å². The van der Waals surface area contributed by atoms with Crippen LogP contribution in [0.5, 0.6) is 0 Å². The average Bonchev–Trinajstić information content (AvgIpc) is 2.15. The van der Waals surface area contributed by atoms with Crippen molar-refractivity contribution in [3.05, 3.63) is 11.9 Å². The highest BCUT2D eigenvalue weighted by Crippen LogP contribution is 2.28. The van der Waals surface area contributed by atoms with Gasteiger partial charge in [0, 0.05) is 18.7 Å². The van der Waals surface area contributed by atoms with Gasteiger partial charge in [0.15, 0.2) is 0 Å². The standard InChI is InChI=1S/C10H15F3N4/c1-4-17(6(2)3)8-5-7(14)15-9(16-8)10(11,12)13/h5-6H,4H2,1-3H3,(H2,14,15,16). The molecule has 0 spiro atoms. The monoisotopic (exact) mass is 248 g/mol. The fourth-order valence-electron chi connectivity index (χ4n) is 1.52. The molecule has 0 aliphatic rings. The number of rotatable bonds is 3. The molecule has 0 aliphatic carbocycles. The lowest BCUT2D eigenvalue weighted by Gasteiger charge is -2.26. The lowest BCUT2D eigenvalue weighted by atomic mass is 10.3. The molecule has 17 heavy (non-hydrogen) atoms. The first-order valence-electron chi connectivity index (χ1n) is 5.24. The molecule has 0 unspecified atom stereocenters.